The molecule has 1 unspecified atom stereocenters. The lowest BCUT2D eigenvalue weighted by atomic mass is 9.99. The van der Waals surface area contributed by atoms with Crippen molar-refractivity contribution < 1.29 is 9.53 Å². The summed E-state index contributed by atoms with van der Waals surface area (Å²) < 4.78 is 4.80. The van der Waals surface area contributed by atoms with Gasteiger partial charge in [-0.15, -0.1) is 6.58 Å². The van der Waals surface area contributed by atoms with Crippen LogP contribution in [-0.2, 0) is 9.53 Å². The summed E-state index contributed by atoms with van der Waals surface area (Å²) in [5.74, 6) is 0.731. The number of ether oxygens (including phenoxy) is 1. The minimum Gasteiger partial charge on any atom is -0.465 e. The fourth-order valence-electron chi connectivity index (χ4n) is 1.49. The number of allylic oxidation sites excluding steroid dienone is 1. The summed E-state index contributed by atoms with van der Waals surface area (Å²) in [5, 5.41) is 0. The molecule has 0 fully saturated rings. The van der Waals surface area contributed by atoms with Crippen molar-refractivity contribution in [1.82, 2.24) is 0 Å². The molecular formula is C12H22O2. The Morgan fingerprint density at radius 1 is 1.29 bits per heavy atom. The van der Waals surface area contributed by atoms with E-state index in [2.05, 4.69) is 13.5 Å². The summed E-state index contributed by atoms with van der Waals surface area (Å²) in [6, 6.07) is 0. The van der Waals surface area contributed by atoms with Crippen LogP contribution in [0, 0.1) is 5.92 Å². The van der Waals surface area contributed by atoms with Gasteiger partial charge in [-0.25, -0.2) is 0 Å². The molecule has 14 heavy (non-hydrogen) atoms. The van der Waals surface area contributed by atoms with E-state index in [1.54, 1.807) is 0 Å². The number of carbonyl (C=O) groups excluding carboxylic acids is 1. The average molecular weight is 198 g/mol. The van der Waals surface area contributed by atoms with Gasteiger partial charge in [0, 0.05) is 0 Å². The van der Waals surface area contributed by atoms with Crippen LogP contribution in [0.25, 0.3) is 0 Å². The monoisotopic (exact) mass is 198 g/mol. The molecule has 0 aromatic rings. The van der Waals surface area contributed by atoms with Crippen molar-refractivity contribution in [2.45, 2.75) is 52.1 Å². The van der Waals surface area contributed by atoms with Gasteiger partial charge in [0.15, 0.2) is 0 Å². The Hall–Kier alpha value is -0.790. The van der Waals surface area contributed by atoms with Crippen molar-refractivity contribution in [3.8, 4) is 0 Å². The summed E-state index contributed by atoms with van der Waals surface area (Å²) in [7, 11) is 0. The van der Waals surface area contributed by atoms with Gasteiger partial charge in [0.2, 0.25) is 0 Å². The number of rotatable bonds is 9. The molecule has 0 aromatic heterocycles. The zero-order chi connectivity index (χ0) is 10.8. The second kappa shape index (κ2) is 8.79. The van der Waals surface area contributed by atoms with Crippen LogP contribution in [0.4, 0.5) is 0 Å². The second-order valence-corrected chi connectivity index (χ2v) is 3.96. The van der Waals surface area contributed by atoms with E-state index in [1.165, 1.54) is 12.8 Å². The lowest BCUT2D eigenvalue weighted by Gasteiger charge is -2.10. The van der Waals surface area contributed by atoms with Crippen LogP contribution in [0.5, 0.6) is 0 Å². The third-order valence-corrected chi connectivity index (χ3v) is 2.41. The molecule has 0 aliphatic carbocycles. The highest BCUT2D eigenvalue weighted by Crippen LogP contribution is 2.14. The molecule has 0 aliphatic heterocycles. The zero-order valence-corrected chi connectivity index (χ0v) is 9.37. The van der Waals surface area contributed by atoms with Gasteiger partial charge in [-0.3, -0.25) is 4.79 Å². The maximum atomic E-state index is 10.0. The molecule has 0 radical (unpaired) electrons. The minimum absolute atomic E-state index is 0.0715. The molecule has 0 saturated heterocycles. The molecule has 2 nitrogen and oxygen atoms in total. The smallest absolute Gasteiger partial charge is 0.293 e. The third kappa shape index (κ3) is 7.84. The Bertz CT molecular complexity index is 136. The van der Waals surface area contributed by atoms with E-state index >= 15 is 0 Å². The lowest BCUT2D eigenvalue weighted by molar-refractivity contribution is -0.133. The molecule has 0 amide bonds. The predicted octanol–water partition coefficient (Wildman–Crippen LogP) is 3.32. The van der Waals surface area contributed by atoms with Crippen LogP contribution in [-0.4, -0.2) is 12.6 Å². The molecule has 0 spiro atoms. The summed E-state index contributed by atoms with van der Waals surface area (Å²) in [4.78, 5) is 10.0. The molecule has 0 heterocycles. The molecular weight excluding hydrogens is 176 g/mol. The lowest BCUT2D eigenvalue weighted by Crippen LogP contribution is -2.06. The molecule has 0 N–H and O–H groups in total. The van der Waals surface area contributed by atoms with E-state index in [4.69, 9.17) is 4.74 Å². The summed E-state index contributed by atoms with van der Waals surface area (Å²) in [5.41, 5.74) is 0. The van der Waals surface area contributed by atoms with E-state index in [-0.39, 0.29) is 6.10 Å². The number of hydrogen-bond acceptors (Lipinski definition) is 2. The van der Waals surface area contributed by atoms with Crippen molar-refractivity contribution in [2.24, 2.45) is 5.92 Å². The van der Waals surface area contributed by atoms with E-state index in [9.17, 15) is 4.79 Å². The van der Waals surface area contributed by atoms with Crippen molar-refractivity contribution >= 4 is 6.47 Å². The Kier molecular flexibility index (Phi) is 8.30. The van der Waals surface area contributed by atoms with Gasteiger partial charge in [0.1, 0.15) is 0 Å². The first-order valence-corrected chi connectivity index (χ1v) is 5.40. The Balaban J connectivity index is 3.27. The summed E-state index contributed by atoms with van der Waals surface area (Å²) in [6.07, 6.45) is 7.70. The first-order valence-electron chi connectivity index (χ1n) is 5.40. The van der Waals surface area contributed by atoms with E-state index in [0.717, 1.165) is 25.2 Å². The highest BCUT2D eigenvalue weighted by atomic mass is 16.5. The first-order chi connectivity index (χ1) is 6.70. The molecule has 2 atom stereocenters. The van der Waals surface area contributed by atoms with E-state index < -0.39 is 0 Å². The highest BCUT2D eigenvalue weighted by Gasteiger charge is 2.03. The van der Waals surface area contributed by atoms with Crippen molar-refractivity contribution in [2.75, 3.05) is 0 Å². The van der Waals surface area contributed by atoms with Gasteiger partial charge in [-0.05, 0) is 32.1 Å². The molecule has 82 valence electrons. The van der Waals surface area contributed by atoms with Crippen LogP contribution in [0.15, 0.2) is 12.7 Å². The minimum atomic E-state index is 0.0715. The fraction of sp³-hybridized carbons (Fsp3) is 0.750. The number of hydrogen-bond donors (Lipinski definition) is 0. The Labute approximate surface area is 87.3 Å². The second-order valence-electron chi connectivity index (χ2n) is 3.96. The van der Waals surface area contributed by atoms with Gasteiger partial charge < -0.3 is 4.74 Å². The number of unbranched alkanes of at least 4 members (excludes halogenated alkanes) is 1. The van der Waals surface area contributed by atoms with Gasteiger partial charge >= 0.3 is 0 Å². The third-order valence-electron chi connectivity index (χ3n) is 2.41. The standard InChI is InChI=1S/C12H22O2/c1-4-7-11(2)8-5-6-9-12(3)14-10-13/h4,10-12H,1,5-9H2,2-3H3/t11?,12-/m1/s1. The molecule has 0 saturated carbocycles. The highest BCUT2D eigenvalue weighted by molar-refractivity contribution is 5.37. The van der Waals surface area contributed by atoms with Gasteiger partial charge in [0.05, 0.1) is 6.10 Å². The van der Waals surface area contributed by atoms with Gasteiger partial charge in [-0.2, -0.15) is 0 Å². The number of carbonyl (C=O) groups is 1. The Morgan fingerprint density at radius 2 is 1.93 bits per heavy atom. The molecule has 0 aliphatic rings. The maximum absolute atomic E-state index is 10.0. The van der Waals surface area contributed by atoms with Crippen molar-refractivity contribution in [3.63, 3.8) is 0 Å². The largest absolute Gasteiger partial charge is 0.465 e. The van der Waals surface area contributed by atoms with E-state index in [1.807, 2.05) is 13.0 Å². The predicted molar refractivity (Wildman–Crippen MR) is 59.1 cm³/mol. The molecule has 2 heteroatoms. The topological polar surface area (TPSA) is 26.3 Å². The fourth-order valence-corrected chi connectivity index (χ4v) is 1.49. The zero-order valence-electron chi connectivity index (χ0n) is 9.37. The van der Waals surface area contributed by atoms with Crippen LogP contribution >= 0.6 is 0 Å². The summed E-state index contributed by atoms with van der Waals surface area (Å²) in [6.45, 7) is 8.43. The molecule has 0 aromatic carbocycles. The van der Waals surface area contributed by atoms with Crippen LogP contribution in [0.3, 0.4) is 0 Å². The molecule has 0 bridgehead atoms. The molecule has 0 rings (SSSR count). The van der Waals surface area contributed by atoms with Gasteiger partial charge in [0.25, 0.3) is 6.47 Å². The Morgan fingerprint density at radius 3 is 2.50 bits per heavy atom. The summed E-state index contributed by atoms with van der Waals surface area (Å²) >= 11 is 0. The van der Waals surface area contributed by atoms with Gasteiger partial charge in [-0.1, -0.05) is 25.8 Å². The maximum Gasteiger partial charge on any atom is 0.293 e. The first kappa shape index (κ1) is 13.2. The van der Waals surface area contributed by atoms with E-state index in [0.29, 0.717) is 6.47 Å². The van der Waals surface area contributed by atoms with Crippen molar-refractivity contribution in [1.29, 1.82) is 0 Å². The van der Waals surface area contributed by atoms with Crippen LogP contribution in [0.1, 0.15) is 46.0 Å². The average Bonchev–Trinajstić information content (AvgIpc) is 2.13. The van der Waals surface area contributed by atoms with Crippen LogP contribution in [0.2, 0.25) is 0 Å². The quantitative estimate of drug-likeness (QED) is 0.323. The normalized spacial score (nSPS) is 14.4. The van der Waals surface area contributed by atoms with Crippen molar-refractivity contribution in [3.05, 3.63) is 12.7 Å². The van der Waals surface area contributed by atoms with Crippen LogP contribution < -0.4 is 0 Å². The SMILES string of the molecule is C=CCC(C)CCCC[C@@H](C)OC=O.